The number of hydrogen-bond donors (Lipinski definition) is 1. The summed E-state index contributed by atoms with van der Waals surface area (Å²) in [5, 5.41) is 9.67. The molecule has 0 aliphatic carbocycles. The van der Waals surface area contributed by atoms with Gasteiger partial charge in [-0.05, 0) is 70.1 Å². The molecule has 6 heteroatoms. The van der Waals surface area contributed by atoms with E-state index < -0.39 is 0 Å². The highest BCUT2D eigenvalue weighted by molar-refractivity contribution is 5.69. The summed E-state index contributed by atoms with van der Waals surface area (Å²) in [6.07, 6.45) is 38.6. The van der Waals surface area contributed by atoms with Crippen molar-refractivity contribution in [2.24, 2.45) is 5.92 Å². The van der Waals surface area contributed by atoms with Crippen LogP contribution in [-0.4, -0.2) is 60.4 Å². The van der Waals surface area contributed by atoms with Crippen molar-refractivity contribution >= 4 is 11.9 Å². The van der Waals surface area contributed by atoms with Crippen LogP contribution in [0.15, 0.2) is 0 Å². The highest BCUT2D eigenvalue weighted by Gasteiger charge is 2.30. The van der Waals surface area contributed by atoms with E-state index in [2.05, 4.69) is 25.7 Å². The second-order valence-corrected chi connectivity index (χ2v) is 16.1. The van der Waals surface area contributed by atoms with E-state index >= 15 is 0 Å². The summed E-state index contributed by atoms with van der Waals surface area (Å²) in [7, 11) is 0. The molecule has 1 aliphatic heterocycles. The zero-order chi connectivity index (χ0) is 37.0. The number of esters is 2. The SMILES string of the molecule is CCCCCCCCCOC(=O)CCCCCC1CC(CCCCCCC(=O)OC(CCCCCCCC)CCCCCCCC)N(CCO)C1. The minimum atomic E-state index is -0.0240. The van der Waals surface area contributed by atoms with Crippen LogP contribution in [0.2, 0.25) is 0 Å². The Bertz CT molecular complexity index is 760. The normalized spacial score (nSPS) is 16.3. The van der Waals surface area contributed by atoms with Gasteiger partial charge in [-0.2, -0.15) is 0 Å². The van der Waals surface area contributed by atoms with Gasteiger partial charge in [0.15, 0.2) is 0 Å². The third-order valence-electron chi connectivity index (χ3n) is 11.2. The maximum atomic E-state index is 12.8. The first-order chi connectivity index (χ1) is 25.0. The first-order valence-electron chi connectivity index (χ1n) is 22.7. The van der Waals surface area contributed by atoms with E-state index in [-0.39, 0.29) is 24.6 Å². The zero-order valence-electron chi connectivity index (χ0n) is 34.4. The van der Waals surface area contributed by atoms with E-state index in [0.29, 0.717) is 31.4 Å². The summed E-state index contributed by atoms with van der Waals surface area (Å²) >= 11 is 0. The summed E-state index contributed by atoms with van der Waals surface area (Å²) in [4.78, 5) is 27.4. The van der Waals surface area contributed by atoms with Gasteiger partial charge in [0.1, 0.15) is 6.10 Å². The van der Waals surface area contributed by atoms with Gasteiger partial charge in [-0.25, -0.2) is 0 Å². The molecule has 1 rings (SSSR count). The van der Waals surface area contributed by atoms with Gasteiger partial charge in [-0.15, -0.1) is 0 Å². The zero-order valence-corrected chi connectivity index (χ0v) is 34.4. The van der Waals surface area contributed by atoms with E-state index in [1.54, 1.807) is 0 Å². The number of β-amino-alcohol motifs (C(OH)–C–C–N with tert-alkyl or cyclic N) is 1. The molecule has 0 aromatic carbocycles. The van der Waals surface area contributed by atoms with Crippen LogP contribution in [0, 0.1) is 5.92 Å². The third kappa shape index (κ3) is 29.0. The average Bonchev–Trinajstić information content (AvgIpc) is 3.51. The Morgan fingerprint density at radius 1 is 0.588 bits per heavy atom. The minimum Gasteiger partial charge on any atom is -0.466 e. The number of aliphatic hydroxyl groups excluding tert-OH is 1. The topological polar surface area (TPSA) is 76.1 Å². The molecule has 0 aromatic rings. The number of ether oxygens (including phenoxy) is 2. The van der Waals surface area contributed by atoms with Gasteiger partial charge < -0.3 is 14.6 Å². The van der Waals surface area contributed by atoms with E-state index in [0.717, 1.165) is 64.5 Å². The predicted molar refractivity (Wildman–Crippen MR) is 216 cm³/mol. The van der Waals surface area contributed by atoms with Gasteiger partial charge in [0.25, 0.3) is 0 Å². The molecule has 1 heterocycles. The molecule has 0 saturated carbocycles. The number of likely N-dealkylation sites (tertiary alicyclic amines) is 1. The van der Waals surface area contributed by atoms with Crippen molar-refractivity contribution < 1.29 is 24.2 Å². The van der Waals surface area contributed by atoms with Crippen LogP contribution in [0.25, 0.3) is 0 Å². The molecule has 302 valence electrons. The summed E-state index contributed by atoms with van der Waals surface area (Å²) in [5.41, 5.74) is 0. The van der Waals surface area contributed by atoms with Gasteiger partial charge in [0, 0.05) is 32.0 Å². The fourth-order valence-electron chi connectivity index (χ4n) is 8.01. The highest BCUT2D eigenvalue weighted by atomic mass is 16.5. The van der Waals surface area contributed by atoms with Crippen molar-refractivity contribution in [1.82, 2.24) is 4.90 Å². The maximum absolute atomic E-state index is 12.8. The Labute approximate surface area is 317 Å². The number of unbranched alkanes of at least 4 members (excludes halogenated alkanes) is 21. The quantitative estimate of drug-likeness (QED) is 0.0505. The first-order valence-corrected chi connectivity index (χ1v) is 22.7. The molecular formula is C45H87NO5. The molecule has 6 nitrogen and oxygen atoms in total. The van der Waals surface area contributed by atoms with Gasteiger partial charge in [-0.1, -0.05) is 156 Å². The lowest BCUT2D eigenvalue weighted by atomic mass is 9.96. The first kappa shape index (κ1) is 47.9. The summed E-state index contributed by atoms with van der Waals surface area (Å²) in [5.74, 6) is 0.690. The summed E-state index contributed by atoms with van der Waals surface area (Å²) < 4.78 is 11.5. The highest BCUT2D eigenvalue weighted by Crippen LogP contribution is 2.30. The minimum absolute atomic E-state index is 0.0186. The smallest absolute Gasteiger partial charge is 0.306 e. The lowest BCUT2D eigenvalue weighted by molar-refractivity contribution is -0.150. The molecule has 0 bridgehead atoms. The third-order valence-corrected chi connectivity index (χ3v) is 11.2. The van der Waals surface area contributed by atoms with E-state index in [1.807, 2.05) is 0 Å². The van der Waals surface area contributed by atoms with Crippen molar-refractivity contribution in [3.8, 4) is 0 Å². The number of nitrogens with zero attached hydrogens (tertiary/aromatic N) is 1. The lowest BCUT2D eigenvalue weighted by Gasteiger charge is -2.23. The van der Waals surface area contributed by atoms with Gasteiger partial charge in [0.05, 0.1) is 13.2 Å². The van der Waals surface area contributed by atoms with Crippen LogP contribution in [0.5, 0.6) is 0 Å². The molecule has 2 unspecified atom stereocenters. The standard InChI is InChI=1S/C45H87NO5/c1-4-7-10-13-16-21-29-38-50-44(48)34-28-22-23-30-41-39-42(46(40-41)36-37-47)31-24-19-20-27-35-45(49)51-43(32-25-17-14-11-8-5-2)33-26-18-15-12-9-6-3/h41-43,47H,4-40H2,1-3H3. The summed E-state index contributed by atoms with van der Waals surface area (Å²) in [6, 6.07) is 0.568. The van der Waals surface area contributed by atoms with Crippen LogP contribution >= 0.6 is 0 Å². The molecule has 1 fully saturated rings. The molecule has 0 spiro atoms. The molecule has 1 saturated heterocycles. The predicted octanol–water partition coefficient (Wildman–Crippen LogP) is 12.7. The number of carbonyl (C=O) groups is 2. The number of hydrogen-bond acceptors (Lipinski definition) is 6. The average molecular weight is 722 g/mol. The fourth-order valence-corrected chi connectivity index (χ4v) is 8.01. The van der Waals surface area contributed by atoms with Crippen molar-refractivity contribution in [3.05, 3.63) is 0 Å². The molecule has 1 N–H and O–H groups in total. The Hall–Kier alpha value is -1.14. The molecule has 0 radical (unpaired) electrons. The Kier molecular flexibility index (Phi) is 33.7. The van der Waals surface area contributed by atoms with Gasteiger partial charge >= 0.3 is 11.9 Å². The second kappa shape index (κ2) is 35.9. The van der Waals surface area contributed by atoms with Gasteiger partial charge in [-0.3, -0.25) is 14.5 Å². The van der Waals surface area contributed by atoms with Crippen LogP contribution in [0.1, 0.15) is 233 Å². The number of aliphatic hydroxyl groups is 1. The second-order valence-electron chi connectivity index (χ2n) is 16.1. The molecule has 0 aromatic heterocycles. The monoisotopic (exact) mass is 722 g/mol. The van der Waals surface area contributed by atoms with Crippen molar-refractivity contribution in [1.29, 1.82) is 0 Å². The Morgan fingerprint density at radius 2 is 1.06 bits per heavy atom. The Balaban J connectivity index is 2.20. The van der Waals surface area contributed by atoms with Crippen molar-refractivity contribution in [2.45, 2.75) is 245 Å². The van der Waals surface area contributed by atoms with E-state index in [1.165, 1.54) is 148 Å². The number of carbonyl (C=O) groups excluding carboxylic acids is 2. The van der Waals surface area contributed by atoms with E-state index in [9.17, 15) is 14.7 Å². The van der Waals surface area contributed by atoms with Crippen LogP contribution in [0.3, 0.4) is 0 Å². The molecular weight excluding hydrogens is 634 g/mol. The lowest BCUT2D eigenvalue weighted by Crippen LogP contribution is -2.32. The maximum Gasteiger partial charge on any atom is 0.306 e. The molecule has 2 atom stereocenters. The van der Waals surface area contributed by atoms with Crippen LogP contribution < -0.4 is 0 Å². The van der Waals surface area contributed by atoms with Crippen molar-refractivity contribution in [3.63, 3.8) is 0 Å². The van der Waals surface area contributed by atoms with Crippen molar-refractivity contribution in [2.75, 3.05) is 26.3 Å². The molecule has 0 amide bonds. The molecule has 1 aliphatic rings. The van der Waals surface area contributed by atoms with E-state index in [4.69, 9.17) is 9.47 Å². The Morgan fingerprint density at radius 3 is 1.65 bits per heavy atom. The largest absolute Gasteiger partial charge is 0.466 e. The van der Waals surface area contributed by atoms with Crippen LogP contribution in [-0.2, 0) is 19.1 Å². The fraction of sp³-hybridized carbons (Fsp3) is 0.956. The number of rotatable bonds is 38. The summed E-state index contributed by atoms with van der Waals surface area (Å²) in [6.45, 7) is 9.45. The van der Waals surface area contributed by atoms with Gasteiger partial charge in [0.2, 0.25) is 0 Å². The van der Waals surface area contributed by atoms with Crippen LogP contribution in [0.4, 0.5) is 0 Å². The molecule has 51 heavy (non-hydrogen) atoms.